The van der Waals surface area contributed by atoms with Gasteiger partial charge in [0.1, 0.15) is 0 Å². The zero-order valence-electron chi connectivity index (χ0n) is 23.1. The summed E-state index contributed by atoms with van der Waals surface area (Å²) in [5.74, 6) is -0.865. The maximum Gasteiger partial charge on any atom is 0.273 e. The van der Waals surface area contributed by atoms with Gasteiger partial charge in [-0.1, -0.05) is 6.07 Å². The van der Waals surface area contributed by atoms with Crippen LogP contribution in [0.3, 0.4) is 0 Å². The van der Waals surface area contributed by atoms with Gasteiger partial charge in [-0.3, -0.25) is 14.4 Å². The van der Waals surface area contributed by atoms with Gasteiger partial charge in [0.15, 0.2) is 17.3 Å². The van der Waals surface area contributed by atoms with Crippen molar-refractivity contribution in [1.82, 2.24) is 19.8 Å². The number of nitrogens with one attached hydrogen (secondary N) is 4. The second-order valence-corrected chi connectivity index (χ2v) is 11.9. The van der Waals surface area contributed by atoms with E-state index in [0.717, 1.165) is 25.7 Å². The van der Waals surface area contributed by atoms with Crippen LogP contribution in [-0.4, -0.2) is 67.9 Å². The summed E-state index contributed by atoms with van der Waals surface area (Å²) >= 11 is 0. The quantitative estimate of drug-likeness (QED) is 0.276. The summed E-state index contributed by atoms with van der Waals surface area (Å²) in [7, 11) is -0.715. The molecule has 2 heterocycles. The Balaban J connectivity index is 1.37. The number of rotatable bonds is 10. The topological polar surface area (TPSA) is 172 Å². The average molecular weight is 594 g/mol. The predicted molar refractivity (Wildman–Crippen MR) is 155 cm³/mol. The molecule has 2 fully saturated rings. The van der Waals surface area contributed by atoms with Crippen LogP contribution in [0, 0.1) is 5.92 Å². The molecule has 2 aromatic carbocycles. The molecule has 0 atom stereocenters. The number of benzene rings is 2. The minimum absolute atomic E-state index is 0.0252. The maximum absolute atomic E-state index is 13.3. The van der Waals surface area contributed by atoms with Crippen LogP contribution in [0.25, 0.3) is 0 Å². The van der Waals surface area contributed by atoms with E-state index >= 15 is 0 Å². The zero-order valence-corrected chi connectivity index (χ0v) is 24.0. The summed E-state index contributed by atoms with van der Waals surface area (Å²) in [5.41, 5.74) is 1.15. The van der Waals surface area contributed by atoms with E-state index in [1.807, 2.05) is 0 Å². The SMILES string of the molecule is CNC(=O)c1nnc(NC(=O)C2CC2)cc1Nc1cccc(C(=O)Nc2ccc(S(=O)(=O)N3CCCC3)cc2)c1OC. The molecule has 0 spiro atoms. The van der Waals surface area contributed by atoms with Crippen molar-refractivity contribution in [3.8, 4) is 5.75 Å². The van der Waals surface area contributed by atoms with Crippen molar-refractivity contribution in [3.63, 3.8) is 0 Å². The minimum Gasteiger partial charge on any atom is -0.494 e. The molecule has 5 rings (SSSR count). The molecular weight excluding hydrogens is 562 g/mol. The molecule has 3 aromatic rings. The van der Waals surface area contributed by atoms with E-state index in [-0.39, 0.29) is 45.2 Å². The van der Waals surface area contributed by atoms with Gasteiger partial charge in [-0.25, -0.2) is 8.42 Å². The van der Waals surface area contributed by atoms with Gasteiger partial charge in [-0.05, 0) is 62.1 Å². The molecule has 1 aliphatic heterocycles. The molecule has 1 aromatic heterocycles. The summed E-state index contributed by atoms with van der Waals surface area (Å²) in [4.78, 5) is 38.2. The number of methoxy groups -OCH3 is 1. The van der Waals surface area contributed by atoms with Crippen LogP contribution in [0.1, 0.15) is 46.5 Å². The Hall–Kier alpha value is -4.56. The van der Waals surface area contributed by atoms with E-state index in [4.69, 9.17) is 4.74 Å². The molecule has 0 radical (unpaired) electrons. The smallest absolute Gasteiger partial charge is 0.273 e. The minimum atomic E-state index is -3.57. The van der Waals surface area contributed by atoms with Crippen LogP contribution in [0.5, 0.6) is 5.75 Å². The van der Waals surface area contributed by atoms with Gasteiger partial charge in [0.05, 0.1) is 28.9 Å². The Bertz CT molecular complexity index is 1620. The van der Waals surface area contributed by atoms with Crippen LogP contribution in [0.4, 0.5) is 22.9 Å². The Morgan fingerprint density at radius 2 is 1.64 bits per heavy atom. The second kappa shape index (κ2) is 12.1. The van der Waals surface area contributed by atoms with Crippen molar-refractivity contribution in [2.75, 3.05) is 43.2 Å². The number of carbonyl (C=O) groups excluding carboxylic acids is 3. The number of nitrogens with zero attached hydrogens (tertiary/aromatic N) is 3. The molecule has 0 bridgehead atoms. The van der Waals surface area contributed by atoms with Gasteiger partial charge < -0.3 is 26.0 Å². The van der Waals surface area contributed by atoms with Crippen molar-refractivity contribution >= 4 is 50.6 Å². The molecule has 1 aliphatic carbocycles. The van der Waals surface area contributed by atoms with Gasteiger partial charge in [0, 0.05) is 37.8 Å². The number of ether oxygens (including phenoxy) is 1. The molecule has 2 aliphatic rings. The van der Waals surface area contributed by atoms with Gasteiger partial charge in [-0.2, -0.15) is 4.31 Å². The molecular formula is C28H31N7O6S. The van der Waals surface area contributed by atoms with Crippen LogP contribution in [-0.2, 0) is 14.8 Å². The molecule has 13 nitrogen and oxygen atoms in total. The lowest BCUT2D eigenvalue weighted by Gasteiger charge is -2.17. The van der Waals surface area contributed by atoms with Crippen molar-refractivity contribution in [3.05, 3.63) is 59.8 Å². The highest BCUT2D eigenvalue weighted by Crippen LogP contribution is 2.34. The van der Waals surface area contributed by atoms with Crippen LogP contribution >= 0.6 is 0 Å². The van der Waals surface area contributed by atoms with Gasteiger partial charge >= 0.3 is 0 Å². The number of hydrogen-bond acceptors (Lipinski definition) is 9. The molecule has 0 unspecified atom stereocenters. The summed E-state index contributed by atoms with van der Waals surface area (Å²) in [6.45, 7) is 1.00. The van der Waals surface area contributed by atoms with Crippen LogP contribution < -0.4 is 26.0 Å². The number of hydrogen-bond donors (Lipinski definition) is 4. The Morgan fingerprint density at radius 3 is 2.29 bits per heavy atom. The molecule has 3 amide bonds. The van der Waals surface area contributed by atoms with E-state index < -0.39 is 21.8 Å². The van der Waals surface area contributed by atoms with Crippen molar-refractivity contribution in [2.45, 2.75) is 30.6 Å². The molecule has 1 saturated carbocycles. The number of para-hydroxylation sites is 1. The van der Waals surface area contributed by atoms with Crippen molar-refractivity contribution in [2.24, 2.45) is 5.92 Å². The first-order valence-corrected chi connectivity index (χ1v) is 14.9. The average Bonchev–Trinajstić information content (AvgIpc) is 3.70. The Labute approximate surface area is 243 Å². The number of sulfonamides is 1. The number of aromatic nitrogens is 2. The molecule has 14 heteroatoms. The van der Waals surface area contributed by atoms with Gasteiger partial charge in [0.2, 0.25) is 15.9 Å². The number of amides is 3. The maximum atomic E-state index is 13.3. The first kappa shape index (κ1) is 29.0. The lowest BCUT2D eigenvalue weighted by Crippen LogP contribution is -2.27. The lowest BCUT2D eigenvalue weighted by molar-refractivity contribution is -0.117. The third-order valence-electron chi connectivity index (χ3n) is 6.98. The van der Waals surface area contributed by atoms with Gasteiger partial charge in [0.25, 0.3) is 11.8 Å². The fourth-order valence-corrected chi connectivity index (χ4v) is 6.09. The molecule has 1 saturated heterocycles. The normalized spacial score (nSPS) is 15.1. The van der Waals surface area contributed by atoms with E-state index in [1.165, 1.54) is 48.8 Å². The number of anilines is 4. The first-order chi connectivity index (χ1) is 20.2. The number of carbonyl (C=O) groups is 3. The van der Waals surface area contributed by atoms with Crippen molar-refractivity contribution in [1.29, 1.82) is 0 Å². The monoisotopic (exact) mass is 593 g/mol. The second-order valence-electron chi connectivity index (χ2n) is 9.94. The van der Waals surface area contributed by atoms with E-state index in [1.54, 1.807) is 18.2 Å². The Morgan fingerprint density at radius 1 is 0.929 bits per heavy atom. The first-order valence-electron chi connectivity index (χ1n) is 13.5. The third kappa shape index (κ3) is 6.19. The van der Waals surface area contributed by atoms with Gasteiger partial charge in [-0.15, -0.1) is 10.2 Å². The van der Waals surface area contributed by atoms with Crippen LogP contribution in [0.15, 0.2) is 53.4 Å². The van der Waals surface area contributed by atoms with E-state index in [9.17, 15) is 22.8 Å². The highest BCUT2D eigenvalue weighted by atomic mass is 32.2. The molecule has 4 N–H and O–H groups in total. The van der Waals surface area contributed by atoms with E-state index in [2.05, 4.69) is 31.5 Å². The van der Waals surface area contributed by atoms with Crippen LogP contribution in [0.2, 0.25) is 0 Å². The largest absolute Gasteiger partial charge is 0.494 e. The zero-order chi connectivity index (χ0) is 29.9. The Kier molecular flexibility index (Phi) is 8.36. The molecule has 42 heavy (non-hydrogen) atoms. The summed E-state index contributed by atoms with van der Waals surface area (Å²) in [6, 6.07) is 12.3. The standard InChI is InChI=1S/C28H31N7O6S/c1-29-28(38)24-22(16-23(33-34-24)32-26(36)17-8-9-17)31-21-7-5-6-20(25(21)41-2)27(37)30-18-10-12-19(13-11-18)42(39,40)35-14-3-4-15-35/h5-7,10-13,16-17H,3-4,8-9,14-15H2,1-2H3,(H,29,38)(H,30,37)(H2,31,32,33,36). The predicted octanol–water partition coefficient (Wildman–Crippen LogP) is 2.97. The summed E-state index contributed by atoms with van der Waals surface area (Å²) in [5, 5.41) is 19.0. The fourth-order valence-electron chi connectivity index (χ4n) is 4.57. The summed E-state index contributed by atoms with van der Waals surface area (Å²) < 4.78 is 32.7. The fraction of sp³-hybridized carbons (Fsp3) is 0.321. The van der Waals surface area contributed by atoms with E-state index in [0.29, 0.717) is 24.5 Å². The highest BCUT2D eigenvalue weighted by Gasteiger charge is 2.30. The van der Waals surface area contributed by atoms with Crippen molar-refractivity contribution < 1.29 is 27.5 Å². The molecule has 220 valence electrons. The highest BCUT2D eigenvalue weighted by molar-refractivity contribution is 7.89. The lowest BCUT2D eigenvalue weighted by atomic mass is 10.1. The summed E-state index contributed by atoms with van der Waals surface area (Å²) in [6.07, 6.45) is 3.31. The third-order valence-corrected chi connectivity index (χ3v) is 8.90.